The van der Waals surface area contributed by atoms with Gasteiger partial charge >= 0.3 is 0 Å². The highest BCUT2D eigenvalue weighted by Gasteiger charge is 2.14. The standard InChI is InChI=1S/C29H25N3O3/c1-19-13-14-24(15-20(19)2)30-29(35)23-16-25(31-27(33)21-9-5-3-6-10-21)18-26(17-23)32-28(34)22-11-7-4-8-12-22/h3-18H,1-2H3,(H,30,35)(H,31,33)(H,32,34). The lowest BCUT2D eigenvalue weighted by Crippen LogP contribution is -2.17. The summed E-state index contributed by atoms with van der Waals surface area (Å²) in [5, 5.41) is 8.52. The molecule has 0 saturated heterocycles. The monoisotopic (exact) mass is 463 g/mol. The molecule has 4 aromatic carbocycles. The van der Waals surface area contributed by atoms with E-state index in [1.807, 2.05) is 44.2 Å². The fourth-order valence-electron chi connectivity index (χ4n) is 3.51. The first kappa shape index (κ1) is 23.4. The number of nitrogens with one attached hydrogen (secondary N) is 3. The van der Waals surface area contributed by atoms with Crippen molar-refractivity contribution in [2.75, 3.05) is 16.0 Å². The highest BCUT2D eigenvalue weighted by molar-refractivity contribution is 6.10. The van der Waals surface area contributed by atoms with E-state index >= 15 is 0 Å². The minimum Gasteiger partial charge on any atom is -0.322 e. The molecule has 0 fully saturated rings. The lowest BCUT2D eigenvalue weighted by Gasteiger charge is -2.13. The van der Waals surface area contributed by atoms with Crippen molar-refractivity contribution in [3.05, 3.63) is 125 Å². The van der Waals surface area contributed by atoms with Crippen LogP contribution in [0.15, 0.2) is 97.1 Å². The summed E-state index contributed by atoms with van der Waals surface area (Å²) < 4.78 is 0. The van der Waals surface area contributed by atoms with Crippen LogP contribution in [0.5, 0.6) is 0 Å². The Morgan fingerprint density at radius 3 is 1.40 bits per heavy atom. The van der Waals surface area contributed by atoms with Crippen LogP contribution in [0.3, 0.4) is 0 Å². The van der Waals surface area contributed by atoms with E-state index in [1.165, 1.54) is 0 Å². The molecule has 0 aromatic heterocycles. The number of hydrogen-bond acceptors (Lipinski definition) is 3. The molecule has 0 heterocycles. The normalized spacial score (nSPS) is 10.3. The molecule has 3 N–H and O–H groups in total. The Hall–Kier alpha value is -4.71. The van der Waals surface area contributed by atoms with Crippen LogP contribution < -0.4 is 16.0 Å². The first-order chi connectivity index (χ1) is 16.9. The Morgan fingerprint density at radius 2 is 0.914 bits per heavy atom. The van der Waals surface area contributed by atoms with Gasteiger partial charge in [-0.3, -0.25) is 14.4 Å². The van der Waals surface area contributed by atoms with E-state index in [0.717, 1.165) is 11.1 Å². The Morgan fingerprint density at radius 1 is 0.457 bits per heavy atom. The molecule has 6 heteroatoms. The summed E-state index contributed by atoms with van der Waals surface area (Å²) in [5.41, 5.74) is 4.86. The average molecular weight is 464 g/mol. The predicted molar refractivity (Wildman–Crippen MR) is 139 cm³/mol. The van der Waals surface area contributed by atoms with Gasteiger partial charge in [-0.1, -0.05) is 42.5 Å². The number of aryl methyl sites for hydroxylation is 2. The van der Waals surface area contributed by atoms with E-state index in [-0.39, 0.29) is 23.3 Å². The first-order valence-electron chi connectivity index (χ1n) is 11.2. The minimum atomic E-state index is -0.362. The third-order valence-electron chi connectivity index (χ3n) is 5.55. The topological polar surface area (TPSA) is 87.3 Å². The van der Waals surface area contributed by atoms with Gasteiger partial charge in [0.15, 0.2) is 0 Å². The summed E-state index contributed by atoms with van der Waals surface area (Å²) >= 11 is 0. The van der Waals surface area contributed by atoms with Crippen LogP contribution in [0.4, 0.5) is 17.1 Å². The van der Waals surface area contributed by atoms with Gasteiger partial charge in [-0.05, 0) is 79.6 Å². The van der Waals surface area contributed by atoms with Gasteiger partial charge < -0.3 is 16.0 Å². The number of carbonyl (C=O) groups is 3. The summed E-state index contributed by atoms with van der Waals surface area (Å²) in [5.74, 6) is -1.01. The maximum Gasteiger partial charge on any atom is 0.255 e. The fraction of sp³-hybridized carbons (Fsp3) is 0.0690. The van der Waals surface area contributed by atoms with E-state index in [9.17, 15) is 14.4 Å². The van der Waals surface area contributed by atoms with E-state index < -0.39 is 0 Å². The average Bonchev–Trinajstić information content (AvgIpc) is 2.87. The predicted octanol–water partition coefficient (Wildman–Crippen LogP) is 6.06. The molecular formula is C29H25N3O3. The third-order valence-corrected chi connectivity index (χ3v) is 5.55. The van der Waals surface area contributed by atoms with Gasteiger partial charge in [0.1, 0.15) is 0 Å². The SMILES string of the molecule is Cc1ccc(NC(=O)c2cc(NC(=O)c3ccccc3)cc(NC(=O)c3ccccc3)c2)cc1C. The highest BCUT2D eigenvalue weighted by Crippen LogP contribution is 2.23. The van der Waals surface area contributed by atoms with Gasteiger partial charge in [-0.25, -0.2) is 0 Å². The van der Waals surface area contributed by atoms with Gasteiger partial charge in [0.25, 0.3) is 17.7 Å². The first-order valence-corrected chi connectivity index (χ1v) is 11.2. The maximum absolute atomic E-state index is 13.1. The lowest BCUT2D eigenvalue weighted by molar-refractivity contribution is 0.101. The molecular weight excluding hydrogens is 438 g/mol. The number of rotatable bonds is 6. The van der Waals surface area contributed by atoms with Crippen molar-refractivity contribution in [1.29, 1.82) is 0 Å². The largest absolute Gasteiger partial charge is 0.322 e. The molecule has 0 bridgehead atoms. The van der Waals surface area contributed by atoms with Crippen molar-refractivity contribution >= 4 is 34.8 Å². The number of hydrogen-bond donors (Lipinski definition) is 3. The van der Waals surface area contributed by atoms with Crippen molar-refractivity contribution in [1.82, 2.24) is 0 Å². The van der Waals surface area contributed by atoms with Crippen LogP contribution in [0, 0.1) is 13.8 Å². The molecule has 0 atom stereocenters. The van der Waals surface area contributed by atoms with Crippen molar-refractivity contribution in [3.8, 4) is 0 Å². The molecule has 174 valence electrons. The van der Waals surface area contributed by atoms with Crippen LogP contribution >= 0.6 is 0 Å². The molecule has 6 nitrogen and oxygen atoms in total. The van der Waals surface area contributed by atoms with E-state index in [2.05, 4.69) is 16.0 Å². The van der Waals surface area contributed by atoms with Crippen molar-refractivity contribution in [3.63, 3.8) is 0 Å². The summed E-state index contributed by atoms with van der Waals surface area (Å²) in [6.07, 6.45) is 0. The van der Waals surface area contributed by atoms with Gasteiger partial charge in [-0.15, -0.1) is 0 Å². The van der Waals surface area contributed by atoms with Crippen LogP contribution in [0.2, 0.25) is 0 Å². The number of amides is 3. The molecule has 0 spiro atoms. The van der Waals surface area contributed by atoms with Gasteiger partial charge in [0, 0.05) is 33.8 Å². The molecule has 0 aliphatic heterocycles. The summed E-state index contributed by atoms with van der Waals surface area (Å²) in [4.78, 5) is 38.5. The van der Waals surface area contributed by atoms with Crippen LogP contribution in [0.25, 0.3) is 0 Å². The quantitative estimate of drug-likeness (QED) is 0.325. The van der Waals surface area contributed by atoms with Crippen LogP contribution in [0.1, 0.15) is 42.2 Å². The number of carbonyl (C=O) groups excluding carboxylic acids is 3. The van der Waals surface area contributed by atoms with Gasteiger partial charge in [0.05, 0.1) is 0 Å². The zero-order chi connectivity index (χ0) is 24.8. The summed E-state index contributed by atoms with van der Waals surface area (Å²) in [6.45, 7) is 3.98. The van der Waals surface area contributed by atoms with Gasteiger partial charge in [-0.2, -0.15) is 0 Å². The van der Waals surface area contributed by atoms with E-state index in [1.54, 1.807) is 66.7 Å². The second-order valence-electron chi connectivity index (χ2n) is 8.19. The zero-order valence-corrected chi connectivity index (χ0v) is 19.5. The molecule has 4 aromatic rings. The fourth-order valence-corrected chi connectivity index (χ4v) is 3.51. The van der Waals surface area contributed by atoms with Crippen LogP contribution in [-0.4, -0.2) is 17.7 Å². The molecule has 35 heavy (non-hydrogen) atoms. The smallest absolute Gasteiger partial charge is 0.255 e. The molecule has 0 unspecified atom stereocenters. The van der Waals surface area contributed by atoms with E-state index in [4.69, 9.17) is 0 Å². The van der Waals surface area contributed by atoms with Crippen molar-refractivity contribution in [2.24, 2.45) is 0 Å². The molecule has 0 aliphatic rings. The Bertz CT molecular complexity index is 1310. The second kappa shape index (κ2) is 10.5. The number of benzene rings is 4. The lowest BCUT2D eigenvalue weighted by atomic mass is 10.1. The zero-order valence-electron chi connectivity index (χ0n) is 19.5. The molecule has 0 saturated carbocycles. The Balaban J connectivity index is 1.63. The molecule has 4 rings (SSSR count). The summed E-state index contributed by atoms with van der Waals surface area (Å²) in [6, 6.07) is 28.0. The Kier molecular flexibility index (Phi) is 7.02. The van der Waals surface area contributed by atoms with Crippen molar-refractivity contribution in [2.45, 2.75) is 13.8 Å². The molecule has 0 aliphatic carbocycles. The second-order valence-corrected chi connectivity index (χ2v) is 8.19. The molecule has 3 amide bonds. The maximum atomic E-state index is 13.1. The minimum absolute atomic E-state index is 0.289. The summed E-state index contributed by atoms with van der Waals surface area (Å²) in [7, 11) is 0. The molecule has 0 radical (unpaired) electrons. The number of anilines is 3. The van der Waals surface area contributed by atoms with Gasteiger partial charge in [0.2, 0.25) is 0 Å². The van der Waals surface area contributed by atoms with Crippen LogP contribution in [-0.2, 0) is 0 Å². The van der Waals surface area contributed by atoms with E-state index in [0.29, 0.717) is 28.2 Å². The highest BCUT2D eigenvalue weighted by atomic mass is 16.2. The third kappa shape index (κ3) is 6.00. The Labute approximate surface area is 204 Å². The van der Waals surface area contributed by atoms with Crippen molar-refractivity contribution < 1.29 is 14.4 Å².